The van der Waals surface area contributed by atoms with Crippen molar-refractivity contribution in [2.24, 2.45) is 0 Å². The number of aliphatic carboxylic acids is 1. The minimum Gasteiger partial charge on any atom is -0.481 e. The molecule has 0 saturated heterocycles. The highest BCUT2D eigenvalue weighted by Crippen LogP contribution is 1.97. The molecule has 4 nitrogen and oxygen atoms in total. The second-order valence-electron chi connectivity index (χ2n) is 2.51. The van der Waals surface area contributed by atoms with Gasteiger partial charge >= 0.3 is 11.9 Å². The standard InChI is InChI=1S/C8H13ClO4/c9-5-1-4-8(12)13-6-2-3-7(10)11/h1-6H2,(H,10,11). The number of carboxylic acids is 1. The van der Waals surface area contributed by atoms with Crippen molar-refractivity contribution in [1.29, 1.82) is 0 Å². The molecule has 0 fully saturated rings. The Morgan fingerprint density at radius 2 is 1.92 bits per heavy atom. The number of ether oxygens (including phenoxy) is 1. The van der Waals surface area contributed by atoms with Gasteiger partial charge in [-0.05, 0) is 12.8 Å². The number of hydrogen-bond donors (Lipinski definition) is 1. The van der Waals surface area contributed by atoms with E-state index in [1.165, 1.54) is 0 Å². The summed E-state index contributed by atoms with van der Waals surface area (Å²) in [5, 5.41) is 8.26. The first-order chi connectivity index (χ1) is 6.16. The molecule has 5 heteroatoms. The van der Waals surface area contributed by atoms with Gasteiger partial charge in [-0.2, -0.15) is 0 Å². The molecule has 0 aliphatic carbocycles. The van der Waals surface area contributed by atoms with Crippen molar-refractivity contribution in [2.45, 2.75) is 25.7 Å². The number of carbonyl (C=O) groups is 2. The first kappa shape index (κ1) is 12.2. The van der Waals surface area contributed by atoms with Crippen LogP contribution in [0.25, 0.3) is 0 Å². The van der Waals surface area contributed by atoms with Crippen molar-refractivity contribution in [1.82, 2.24) is 0 Å². The van der Waals surface area contributed by atoms with Crippen LogP contribution in [-0.4, -0.2) is 29.5 Å². The molecule has 0 spiro atoms. The molecule has 0 unspecified atom stereocenters. The molecule has 13 heavy (non-hydrogen) atoms. The topological polar surface area (TPSA) is 63.6 Å². The zero-order valence-electron chi connectivity index (χ0n) is 7.29. The third-order valence-corrected chi connectivity index (χ3v) is 1.58. The molecule has 0 aromatic rings. The van der Waals surface area contributed by atoms with Crippen LogP contribution in [0.1, 0.15) is 25.7 Å². The van der Waals surface area contributed by atoms with Gasteiger partial charge in [0.1, 0.15) is 0 Å². The van der Waals surface area contributed by atoms with Crippen LogP contribution < -0.4 is 0 Å². The molecule has 0 radical (unpaired) electrons. The van der Waals surface area contributed by atoms with Crippen molar-refractivity contribution in [3.05, 3.63) is 0 Å². The van der Waals surface area contributed by atoms with Crippen molar-refractivity contribution in [2.75, 3.05) is 12.5 Å². The largest absolute Gasteiger partial charge is 0.481 e. The van der Waals surface area contributed by atoms with Gasteiger partial charge in [0.2, 0.25) is 0 Å². The molecule has 0 aromatic carbocycles. The zero-order valence-corrected chi connectivity index (χ0v) is 8.05. The number of rotatable bonds is 7. The van der Waals surface area contributed by atoms with Gasteiger partial charge in [-0.15, -0.1) is 11.6 Å². The van der Waals surface area contributed by atoms with Gasteiger partial charge < -0.3 is 9.84 Å². The van der Waals surface area contributed by atoms with Crippen LogP contribution in [0.4, 0.5) is 0 Å². The molecule has 0 aliphatic heterocycles. The van der Waals surface area contributed by atoms with E-state index in [9.17, 15) is 9.59 Å². The lowest BCUT2D eigenvalue weighted by Gasteiger charge is -2.01. The summed E-state index contributed by atoms with van der Waals surface area (Å²) in [5.74, 6) is -0.757. The number of hydrogen-bond acceptors (Lipinski definition) is 3. The van der Waals surface area contributed by atoms with Crippen LogP contribution in [0.5, 0.6) is 0 Å². The van der Waals surface area contributed by atoms with Crippen molar-refractivity contribution >= 4 is 23.5 Å². The lowest BCUT2D eigenvalue weighted by molar-refractivity contribution is -0.145. The van der Waals surface area contributed by atoms with Crippen molar-refractivity contribution < 1.29 is 19.4 Å². The molecule has 0 bridgehead atoms. The summed E-state index contributed by atoms with van der Waals surface area (Å²) in [5.41, 5.74) is 0. The normalized spacial score (nSPS) is 9.62. The van der Waals surface area contributed by atoms with Gasteiger partial charge in [0.15, 0.2) is 0 Å². The molecule has 0 rings (SSSR count). The van der Waals surface area contributed by atoms with E-state index in [4.69, 9.17) is 21.4 Å². The Bertz CT molecular complexity index is 170. The van der Waals surface area contributed by atoms with Gasteiger partial charge in [0.05, 0.1) is 6.61 Å². The average molecular weight is 209 g/mol. The van der Waals surface area contributed by atoms with Gasteiger partial charge in [-0.1, -0.05) is 0 Å². The van der Waals surface area contributed by atoms with E-state index in [1.54, 1.807) is 0 Å². The Labute approximate surface area is 81.8 Å². The molecule has 0 amide bonds. The second-order valence-corrected chi connectivity index (χ2v) is 2.89. The second kappa shape index (κ2) is 7.86. The summed E-state index contributed by atoms with van der Waals surface area (Å²) in [6, 6.07) is 0. The summed E-state index contributed by atoms with van der Waals surface area (Å²) in [6.07, 6.45) is 1.29. The SMILES string of the molecule is O=C(O)CCCOC(=O)CCCCl. The van der Waals surface area contributed by atoms with Crippen molar-refractivity contribution in [3.63, 3.8) is 0 Å². The number of alkyl halides is 1. The summed E-state index contributed by atoms with van der Waals surface area (Å²) in [4.78, 5) is 20.9. The van der Waals surface area contributed by atoms with E-state index in [0.29, 0.717) is 25.1 Å². The van der Waals surface area contributed by atoms with E-state index in [0.717, 1.165) is 0 Å². The maximum absolute atomic E-state index is 10.8. The lowest BCUT2D eigenvalue weighted by atomic mass is 10.3. The predicted molar refractivity (Wildman–Crippen MR) is 47.8 cm³/mol. The first-order valence-corrected chi connectivity index (χ1v) is 4.63. The van der Waals surface area contributed by atoms with Gasteiger partial charge in [-0.3, -0.25) is 9.59 Å². The average Bonchev–Trinajstić information content (AvgIpc) is 2.08. The highest BCUT2D eigenvalue weighted by Gasteiger charge is 2.02. The van der Waals surface area contributed by atoms with E-state index in [2.05, 4.69) is 0 Å². The number of carbonyl (C=O) groups excluding carboxylic acids is 1. The maximum Gasteiger partial charge on any atom is 0.305 e. The smallest absolute Gasteiger partial charge is 0.305 e. The van der Waals surface area contributed by atoms with Crippen LogP contribution in [0.2, 0.25) is 0 Å². The predicted octanol–water partition coefficient (Wildman–Crippen LogP) is 1.41. The lowest BCUT2D eigenvalue weighted by Crippen LogP contribution is -2.07. The molecule has 0 aromatic heterocycles. The number of esters is 1. The molecule has 76 valence electrons. The molecule has 0 aliphatic rings. The fourth-order valence-corrected chi connectivity index (χ4v) is 0.826. The minimum absolute atomic E-state index is 0.0305. The summed E-state index contributed by atoms with van der Waals surface area (Å²) in [6.45, 7) is 0.174. The van der Waals surface area contributed by atoms with Crippen LogP contribution in [0.3, 0.4) is 0 Å². The molecule has 0 atom stereocenters. The number of halogens is 1. The summed E-state index contributed by atoms with van der Waals surface area (Å²) in [7, 11) is 0. The summed E-state index contributed by atoms with van der Waals surface area (Å²) >= 11 is 5.36. The Hall–Kier alpha value is -0.770. The van der Waals surface area contributed by atoms with Gasteiger partial charge in [-0.25, -0.2) is 0 Å². The van der Waals surface area contributed by atoms with Crippen LogP contribution in [0.15, 0.2) is 0 Å². The molecular formula is C8H13ClO4. The monoisotopic (exact) mass is 208 g/mol. The Morgan fingerprint density at radius 1 is 1.23 bits per heavy atom. The van der Waals surface area contributed by atoms with E-state index in [-0.39, 0.29) is 19.0 Å². The fourth-order valence-electron chi connectivity index (χ4n) is 0.693. The number of carboxylic acid groups (broad SMARTS) is 1. The Balaban J connectivity index is 3.22. The van der Waals surface area contributed by atoms with Crippen LogP contribution >= 0.6 is 11.6 Å². The fraction of sp³-hybridized carbons (Fsp3) is 0.750. The third-order valence-electron chi connectivity index (χ3n) is 1.31. The Kier molecular flexibility index (Phi) is 7.39. The van der Waals surface area contributed by atoms with Gasteiger partial charge in [0.25, 0.3) is 0 Å². The van der Waals surface area contributed by atoms with Crippen molar-refractivity contribution in [3.8, 4) is 0 Å². The van der Waals surface area contributed by atoms with E-state index >= 15 is 0 Å². The molecule has 0 heterocycles. The quantitative estimate of drug-likeness (QED) is 0.390. The molecule has 0 saturated carbocycles. The van der Waals surface area contributed by atoms with E-state index < -0.39 is 5.97 Å². The molecular weight excluding hydrogens is 196 g/mol. The maximum atomic E-state index is 10.8. The highest BCUT2D eigenvalue weighted by molar-refractivity contribution is 6.17. The first-order valence-electron chi connectivity index (χ1n) is 4.10. The third kappa shape index (κ3) is 9.14. The Morgan fingerprint density at radius 3 is 2.46 bits per heavy atom. The zero-order chi connectivity index (χ0) is 10.1. The van der Waals surface area contributed by atoms with Crippen LogP contribution in [0, 0.1) is 0 Å². The van der Waals surface area contributed by atoms with E-state index in [1.807, 2.05) is 0 Å². The van der Waals surface area contributed by atoms with Crippen LogP contribution in [-0.2, 0) is 14.3 Å². The summed E-state index contributed by atoms with van der Waals surface area (Å²) < 4.78 is 4.73. The highest BCUT2D eigenvalue weighted by atomic mass is 35.5. The molecule has 1 N–H and O–H groups in total. The van der Waals surface area contributed by atoms with Gasteiger partial charge in [0, 0.05) is 18.7 Å². The minimum atomic E-state index is -0.878.